The molecule has 0 aromatic rings. The third-order valence-electron chi connectivity index (χ3n) is 4.20. The van der Waals surface area contributed by atoms with E-state index in [4.69, 9.17) is 4.74 Å². The van der Waals surface area contributed by atoms with Gasteiger partial charge in [0.2, 0.25) is 5.78 Å². The maximum absolute atomic E-state index is 12.6. The number of aliphatic hydroxyl groups is 1. The molecule has 0 heterocycles. The van der Waals surface area contributed by atoms with Gasteiger partial charge in [-0.25, -0.2) is 0 Å². The Labute approximate surface area is 128 Å². The Morgan fingerprint density at radius 1 is 1.32 bits per heavy atom. The van der Waals surface area contributed by atoms with Gasteiger partial charge in [-0.3, -0.25) is 14.4 Å². The summed E-state index contributed by atoms with van der Waals surface area (Å²) in [6, 6.07) is 0. The van der Waals surface area contributed by atoms with Gasteiger partial charge in [-0.05, 0) is 24.5 Å². The smallest absolute Gasteiger partial charge is 0.324 e. The molecule has 22 heavy (non-hydrogen) atoms. The van der Waals surface area contributed by atoms with Crippen molar-refractivity contribution in [1.29, 1.82) is 0 Å². The molecule has 6 nitrogen and oxygen atoms in total. The molecule has 0 aromatic heterocycles. The summed E-state index contributed by atoms with van der Waals surface area (Å²) in [6.45, 7) is 0. The van der Waals surface area contributed by atoms with Crippen LogP contribution in [0.25, 0.3) is 0 Å². The second-order valence-electron chi connectivity index (χ2n) is 5.23. The van der Waals surface area contributed by atoms with E-state index in [9.17, 15) is 19.5 Å². The number of fused-ring (bicyclic) bond motifs is 1. The minimum absolute atomic E-state index is 0.0648. The average Bonchev–Trinajstić information content (AvgIpc) is 2.54. The zero-order valence-corrected chi connectivity index (χ0v) is 12.5. The second-order valence-corrected chi connectivity index (χ2v) is 5.23. The van der Waals surface area contributed by atoms with E-state index in [0.717, 1.165) is 0 Å². The van der Waals surface area contributed by atoms with E-state index < -0.39 is 34.8 Å². The molecule has 0 amide bonds. The van der Waals surface area contributed by atoms with Gasteiger partial charge in [-0.15, -0.1) is 0 Å². The minimum Gasteiger partial charge on any atom is -0.504 e. The molecule has 0 aliphatic heterocycles. The number of aliphatic hydroxyl groups excluding tert-OH is 1. The van der Waals surface area contributed by atoms with Crippen molar-refractivity contribution < 1.29 is 29.0 Å². The first kappa shape index (κ1) is 16.0. The Hall–Kier alpha value is -2.37. The first-order valence-electron chi connectivity index (χ1n) is 6.95. The Morgan fingerprint density at radius 2 is 2.05 bits per heavy atom. The molecule has 6 heteroatoms. The van der Waals surface area contributed by atoms with Crippen molar-refractivity contribution in [2.45, 2.75) is 19.3 Å². The van der Waals surface area contributed by atoms with Gasteiger partial charge in [0, 0.05) is 12.3 Å². The van der Waals surface area contributed by atoms with Crippen molar-refractivity contribution in [2.75, 3.05) is 14.2 Å². The van der Waals surface area contributed by atoms with Crippen LogP contribution in [0.1, 0.15) is 19.3 Å². The number of allylic oxidation sites excluding steroid dienone is 5. The minimum atomic E-state index is -1.59. The summed E-state index contributed by atoms with van der Waals surface area (Å²) < 4.78 is 9.45. The lowest BCUT2D eigenvalue weighted by atomic mass is 9.60. The van der Waals surface area contributed by atoms with Gasteiger partial charge in [0.1, 0.15) is 0 Å². The van der Waals surface area contributed by atoms with Crippen LogP contribution in [0.2, 0.25) is 0 Å². The summed E-state index contributed by atoms with van der Waals surface area (Å²) in [5.41, 5.74) is -1.02. The van der Waals surface area contributed by atoms with Crippen molar-refractivity contribution in [1.82, 2.24) is 0 Å². The molecule has 0 bridgehead atoms. The molecule has 0 saturated carbocycles. The predicted octanol–water partition coefficient (Wildman–Crippen LogP) is 1.63. The standard InChI is InChI=1S/C16H18O6/c1-21-13(18)9-7-11-5-3-4-10-6-8-12(17)14(19)16(10,11)15(20)22-2/h3,5-6,8,11,17H,4,7,9H2,1-2H3/t11-,16+/m0/s1. The van der Waals surface area contributed by atoms with E-state index in [1.165, 1.54) is 20.3 Å². The normalized spacial score (nSPS) is 26.6. The molecule has 0 radical (unpaired) electrons. The van der Waals surface area contributed by atoms with Crippen LogP contribution in [0, 0.1) is 11.3 Å². The van der Waals surface area contributed by atoms with Gasteiger partial charge in [0.25, 0.3) is 0 Å². The third-order valence-corrected chi connectivity index (χ3v) is 4.20. The van der Waals surface area contributed by atoms with E-state index in [-0.39, 0.29) is 12.8 Å². The lowest BCUT2D eigenvalue weighted by molar-refractivity contribution is -0.159. The molecule has 0 unspecified atom stereocenters. The van der Waals surface area contributed by atoms with Crippen molar-refractivity contribution in [3.05, 3.63) is 35.6 Å². The maximum Gasteiger partial charge on any atom is 0.324 e. The van der Waals surface area contributed by atoms with Gasteiger partial charge >= 0.3 is 11.9 Å². The largest absolute Gasteiger partial charge is 0.504 e. The number of ketones is 1. The maximum atomic E-state index is 12.6. The van der Waals surface area contributed by atoms with Crippen LogP contribution in [-0.4, -0.2) is 37.0 Å². The Kier molecular flexibility index (Phi) is 4.49. The number of Topliss-reactive ketones (excluding diaryl/α,β-unsaturated/α-hetero) is 1. The van der Waals surface area contributed by atoms with Crippen LogP contribution in [0.15, 0.2) is 35.6 Å². The molecule has 2 aliphatic rings. The highest BCUT2D eigenvalue weighted by Crippen LogP contribution is 2.48. The summed E-state index contributed by atoms with van der Waals surface area (Å²) in [5, 5.41) is 9.81. The quantitative estimate of drug-likeness (QED) is 0.482. The number of rotatable bonds is 4. The Morgan fingerprint density at radius 3 is 2.68 bits per heavy atom. The van der Waals surface area contributed by atoms with Gasteiger partial charge in [0.05, 0.1) is 14.2 Å². The Balaban J connectivity index is 2.46. The molecular weight excluding hydrogens is 288 g/mol. The van der Waals surface area contributed by atoms with E-state index in [0.29, 0.717) is 12.0 Å². The summed E-state index contributed by atoms with van der Waals surface area (Å²) in [7, 11) is 2.48. The van der Waals surface area contributed by atoms with Crippen molar-refractivity contribution in [3.8, 4) is 0 Å². The number of carbonyl (C=O) groups is 3. The van der Waals surface area contributed by atoms with Crippen LogP contribution in [0.5, 0.6) is 0 Å². The fraction of sp³-hybridized carbons (Fsp3) is 0.438. The predicted molar refractivity (Wildman–Crippen MR) is 76.7 cm³/mol. The molecule has 0 fully saturated rings. The number of hydrogen-bond acceptors (Lipinski definition) is 6. The van der Waals surface area contributed by atoms with Crippen molar-refractivity contribution in [2.24, 2.45) is 11.3 Å². The molecule has 0 aromatic carbocycles. The first-order valence-corrected chi connectivity index (χ1v) is 6.95. The third kappa shape index (κ3) is 2.34. The molecule has 118 valence electrons. The number of methoxy groups -OCH3 is 2. The van der Waals surface area contributed by atoms with E-state index in [1.807, 2.05) is 6.08 Å². The summed E-state index contributed by atoms with van der Waals surface area (Å²) >= 11 is 0. The number of hydrogen-bond donors (Lipinski definition) is 1. The first-order chi connectivity index (χ1) is 10.5. The molecule has 2 aliphatic carbocycles. The van der Waals surface area contributed by atoms with E-state index in [2.05, 4.69) is 4.74 Å². The molecule has 2 rings (SSSR count). The SMILES string of the molecule is COC(=O)CC[C@@H]1C=CCC2=CC=C(O)C(=O)[C@@]21C(=O)OC. The van der Waals surface area contributed by atoms with E-state index >= 15 is 0 Å². The Bertz CT molecular complexity index is 598. The van der Waals surface area contributed by atoms with Gasteiger partial charge in [0.15, 0.2) is 11.2 Å². The summed E-state index contributed by atoms with van der Waals surface area (Å²) in [4.78, 5) is 36.4. The molecule has 0 saturated heterocycles. The lowest BCUT2D eigenvalue weighted by Crippen LogP contribution is -2.50. The van der Waals surface area contributed by atoms with Gasteiger partial charge < -0.3 is 14.6 Å². The summed E-state index contributed by atoms with van der Waals surface area (Å²) in [6.07, 6.45) is 7.16. The van der Waals surface area contributed by atoms with Crippen LogP contribution >= 0.6 is 0 Å². The zero-order valence-electron chi connectivity index (χ0n) is 12.5. The fourth-order valence-electron chi connectivity index (χ4n) is 3.10. The van der Waals surface area contributed by atoms with Crippen molar-refractivity contribution >= 4 is 17.7 Å². The van der Waals surface area contributed by atoms with Crippen molar-refractivity contribution in [3.63, 3.8) is 0 Å². The van der Waals surface area contributed by atoms with Crippen LogP contribution < -0.4 is 0 Å². The summed E-state index contributed by atoms with van der Waals surface area (Å²) in [5.74, 6) is -2.87. The number of carbonyl (C=O) groups excluding carboxylic acids is 3. The second kappa shape index (κ2) is 6.17. The molecule has 1 N–H and O–H groups in total. The highest BCUT2D eigenvalue weighted by atomic mass is 16.5. The average molecular weight is 306 g/mol. The monoisotopic (exact) mass is 306 g/mol. The topological polar surface area (TPSA) is 89.9 Å². The van der Waals surface area contributed by atoms with Crippen LogP contribution in [0.3, 0.4) is 0 Å². The van der Waals surface area contributed by atoms with Crippen LogP contribution in [0.4, 0.5) is 0 Å². The molecule has 2 atom stereocenters. The molecule has 0 spiro atoms. The fourth-order valence-corrected chi connectivity index (χ4v) is 3.10. The molecular formula is C16H18O6. The lowest BCUT2D eigenvalue weighted by Gasteiger charge is -2.40. The highest BCUT2D eigenvalue weighted by molar-refractivity contribution is 6.15. The van der Waals surface area contributed by atoms with Gasteiger partial charge in [-0.2, -0.15) is 0 Å². The van der Waals surface area contributed by atoms with Gasteiger partial charge in [-0.1, -0.05) is 18.2 Å². The number of esters is 2. The highest BCUT2D eigenvalue weighted by Gasteiger charge is 2.57. The number of ether oxygens (including phenoxy) is 2. The van der Waals surface area contributed by atoms with E-state index in [1.54, 1.807) is 12.2 Å². The van der Waals surface area contributed by atoms with Crippen LogP contribution in [-0.2, 0) is 23.9 Å². The zero-order chi connectivity index (χ0) is 16.3.